The van der Waals surface area contributed by atoms with Gasteiger partial charge in [0, 0.05) is 31.2 Å². The van der Waals surface area contributed by atoms with Crippen LogP contribution in [0.5, 0.6) is 0 Å². The molecule has 94 valence electrons. The zero-order valence-electron chi connectivity index (χ0n) is 10.7. The molecule has 4 heteroatoms. The molecule has 2 atom stereocenters. The fraction of sp³-hybridized carbons (Fsp3) is 1.00. The topological polar surface area (TPSA) is 38.7 Å². The van der Waals surface area contributed by atoms with Crippen LogP contribution >= 0.6 is 0 Å². The van der Waals surface area contributed by atoms with Crippen LogP contribution in [0.3, 0.4) is 0 Å². The van der Waals surface area contributed by atoms with Crippen LogP contribution in [0.4, 0.5) is 0 Å². The van der Waals surface area contributed by atoms with Crippen molar-refractivity contribution in [2.45, 2.75) is 36.9 Å². The highest BCUT2D eigenvalue weighted by Crippen LogP contribution is 2.37. The summed E-state index contributed by atoms with van der Waals surface area (Å²) in [6.07, 6.45) is 3.72. The number of aliphatic hydroxyl groups is 1. The van der Waals surface area contributed by atoms with Gasteiger partial charge in [0.1, 0.15) is 0 Å². The number of nitrogens with zero attached hydrogens (tertiary/aromatic N) is 2. The second kappa shape index (κ2) is 4.61. The molecule has 1 aliphatic heterocycles. The minimum Gasteiger partial charge on any atom is -0.390 e. The van der Waals surface area contributed by atoms with Gasteiger partial charge in [-0.2, -0.15) is 0 Å². The van der Waals surface area contributed by atoms with E-state index in [2.05, 4.69) is 36.3 Å². The molecule has 0 radical (unpaired) electrons. The molecule has 0 aromatic rings. The van der Waals surface area contributed by atoms with Crippen LogP contribution < -0.4 is 5.32 Å². The van der Waals surface area contributed by atoms with Crippen LogP contribution in [0.25, 0.3) is 0 Å². The Morgan fingerprint density at radius 3 is 2.31 bits per heavy atom. The summed E-state index contributed by atoms with van der Waals surface area (Å²) in [6.45, 7) is 2.73. The molecule has 0 spiro atoms. The minimum absolute atomic E-state index is 0.204. The molecule has 1 saturated heterocycles. The maximum atomic E-state index is 9.87. The van der Waals surface area contributed by atoms with E-state index in [0.717, 1.165) is 19.6 Å². The summed E-state index contributed by atoms with van der Waals surface area (Å²) < 4.78 is 0. The Kier molecular flexibility index (Phi) is 3.54. The van der Waals surface area contributed by atoms with Crippen molar-refractivity contribution in [2.75, 3.05) is 40.8 Å². The molecule has 0 amide bonds. The SMILES string of the molecule is CN(CC1(N(C)C)CCC1)C1CNCC1O. The lowest BCUT2D eigenvalue weighted by Crippen LogP contribution is -2.59. The maximum absolute atomic E-state index is 9.87. The van der Waals surface area contributed by atoms with Gasteiger partial charge >= 0.3 is 0 Å². The molecule has 2 rings (SSSR count). The number of likely N-dealkylation sites (N-methyl/N-ethyl adjacent to an activating group) is 2. The average Bonchev–Trinajstić information content (AvgIpc) is 2.57. The lowest BCUT2D eigenvalue weighted by atomic mass is 9.75. The van der Waals surface area contributed by atoms with Crippen LogP contribution in [0, 0.1) is 0 Å². The summed E-state index contributed by atoms with van der Waals surface area (Å²) in [7, 11) is 6.50. The molecule has 0 bridgehead atoms. The zero-order chi connectivity index (χ0) is 11.8. The average molecular weight is 227 g/mol. The van der Waals surface area contributed by atoms with Crippen molar-refractivity contribution < 1.29 is 5.11 Å². The predicted molar refractivity (Wildman–Crippen MR) is 65.6 cm³/mol. The van der Waals surface area contributed by atoms with E-state index >= 15 is 0 Å². The molecule has 1 saturated carbocycles. The fourth-order valence-electron chi connectivity index (χ4n) is 3.01. The quantitative estimate of drug-likeness (QED) is 0.694. The summed E-state index contributed by atoms with van der Waals surface area (Å²) in [4.78, 5) is 4.70. The first-order chi connectivity index (χ1) is 7.55. The Morgan fingerprint density at radius 1 is 1.25 bits per heavy atom. The third-order valence-electron chi connectivity index (χ3n) is 4.49. The summed E-state index contributed by atoms with van der Waals surface area (Å²) >= 11 is 0. The second-order valence-corrected chi connectivity index (χ2v) is 5.68. The van der Waals surface area contributed by atoms with Crippen molar-refractivity contribution in [1.29, 1.82) is 0 Å². The monoisotopic (exact) mass is 227 g/mol. The molecular weight excluding hydrogens is 202 g/mol. The lowest BCUT2D eigenvalue weighted by Gasteiger charge is -2.50. The Balaban J connectivity index is 1.93. The number of hydrogen-bond acceptors (Lipinski definition) is 4. The van der Waals surface area contributed by atoms with E-state index in [4.69, 9.17) is 0 Å². The smallest absolute Gasteiger partial charge is 0.0831 e. The standard InChI is InChI=1S/C12H25N3O/c1-14(2)12(5-4-6-12)9-15(3)10-7-13-8-11(10)16/h10-11,13,16H,4-9H2,1-3H3. The number of aliphatic hydroxyl groups excluding tert-OH is 1. The van der Waals surface area contributed by atoms with E-state index in [0.29, 0.717) is 5.54 Å². The van der Waals surface area contributed by atoms with Crippen LogP contribution in [-0.2, 0) is 0 Å². The van der Waals surface area contributed by atoms with Gasteiger partial charge in [0.2, 0.25) is 0 Å². The largest absolute Gasteiger partial charge is 0.390 e. The molecule has 2 aliphatic rings. The third-order valence-corrected chi connectivity index (χ3v) is 4.49. The molecule has 2 unspecified atom stereocenters. The minimum atomic E-state index is -0.204. The summed E-state index contributed by atoms with van der Waals surface area (Å²) in [6, 6.07) is 0.289. The zero-order valence-corrected chi connectivity index (χ0v) is 10.7. The van der Waals surface area contributed by atoms with Crippen LogP contribution in [-0.4, -0.2) is 73.4 Å². The molecule has 4 nitrogen and oxygen atoms in total. The Bertz CT molecular complexity index is 240. The molecule has 16 heavy (non-hydrogen) atoms. The van der Waals surface area contributed by atoms with Gasteiger partial charge in [-0.1, -0.05) is 0 Å². The Hall–Kier alpha value is -0.160. The first-order valence-electron chi connectivity index (χ1n) is 6.32. The molecule has 1 heterocycles. The van der Waals surface area contributed by atoms with E-state index < -0.39 is 0 Å². The maximum Gasteiger partial charge on any atom is 0.0831 e. The molecule has 2 fully saturated rings. The third kappa shape index (κ3) is 2.12. The predicted octanol–water partition coefficient (Wildman–Crippen LogP) is -0.265. The van der Waals surface area contributed by atoms with Crippen molar-refractivity contribution in [3.05, 3.63) is 0 Å². The van der Waals surface area contributed by atoms with Gasteiger partial charge in [-0.25, -0.2) is 0 Å². The van der Waals surface area contributed by atoms with Gasteiger partial charge in [0.05, 0.1) is 6.10 Å². The molecule has 1 aliphatic carbocycles. The molecule has 0 aromatic heterocycles. The van der Waals surface area contributed by atoms with Crippen LogP contribution in [0.2, 0.25) is 0 Å². The lowest BCUT2D eigenvalue weighted by molar-refractivity contribution is 0.00122. The van der Waals surface area contributed by atoms with Gasteiger partial charge in [-0.05, 0) is 40.4 Å². The normalized spacial score (nSPS) is 33.4. The summed E-state index contributed by atoms with van der Waals surface area (Å²) in [5, 5.41) is 13.1. The number of hydrogen-bond donors (Lipinski definition) is 2. The first kappa shape index (κ1) is 12.3. The summed E-state index contributed by atoms with van der Waals surface area (Å²) in [5.41, 5.74) is 0.358. The molecular formula is C12H25N3O. The van der Waals surface area contributed by atoms with Crippen molar-refractivity contribution in [1.82, 2.24) is 15.1 Å². The van der Waals surface area contributed by atoms with E-state index in [1.54, 1.807) is 0 Å². The second-order valence-electron chi connectivity index (χ2n) is 5.68. The van der Waals surface area contributed by atoms with Crippen molar-refractivity contribution in [3.8, 4) is 0 Å². The molecule has 2 N–H and O–H groups in total. The van der Waals surface area contributed by atoms with Crippen LogP contribution in [0.15, 0.2) is 0 Å². The summed E-state index contributed by atoms with van der Waals surface area (Å²) in [5.74, 6) is 0. The number of rotatable bonds is 4. The molecule has 0 aromatic carbocycles. The van der Waals surface area contributed by atoms with Gasteiger partial charge in [-0.15, -0.1) is 0 Å². The Morgan fingerprint density at radius 2 is 1.94 bits per heavy atom. The fourth-order valence-corrected chi connectivity index (χ4v) is 3.01. The van der Waals surface area contributed by atoms with E-state index in [-0.39, 0.29) is 12.1 Å². The highest BCUT2D eigenvalue weighted by molar-refractivity contribution is 5.00. The Labute approximate surface area is 98.6 Å². The van der Waals surface area contributed by atoms with Gasteiger partial charge in [-0.3, -0.25) is 4.90 Å². The van der Waals surface area contributed by atoms with Crippen molar-refractivity contribution in [2.24, 2.45) is 0 Å². The number of nitrogens with one attached hydrogen (secondary N) is 1. The van der Waals surface area contributed by atoms with Gasteiger partial charge in [0.15, 0.2) is 0 Å². The highest BCUT2D eigenvalue weighted by Gasteiger charge is 2.42. The van der Waals surface area contributed by atoms with E-state index in [9.17, 15) is 5.11 Å². The van der Waals surface area contributed by atoms with Crippen molar-refractivity contribution in [3.63, 3.8) is 0 Å². The number of β-amino-alcohol motifs (C(OH)–C–C–N with tert-alkyl or cyclic N) is 1. The first-order valence-corrected chi connectivity index (χ1v) is 6.32. The van der Waals surface area contributed by atoms with E-state index in [1.165, 1.54) is 19.3 Å². The van der Waals surface area contributed by atoms with Crippen LogP contribution in [0.1, 0.15) is 19.3 Å². The van der Waals surface area contributed by atoms with E-state index in [1.807, 2.05) is 0 Å². The van der Waals surface area contributed by atoms with Gasteiger partial charge in [0.25, 0.3) is 0 Å². The van der Waals surface area contributed by atoms with Gasteiger partial charge < -0.3 is 15.3 Å². The van der Waals surface area contributed by atoms with Crippen molar-refractivity contribution >= 4 is 0 Å². The highest BCUT2D eigenvalue weighted by atomic mass is 16.3.